The Morgan fingerprint density at radius 3 is 2.50 bits per heavy atom. The van der Waals surface area contributed by atoms with Gasteiger partial charge in [-0.15, -0.1) is 0 Å². The van der Waals surface area contributed by atoms with Gasteiger partial charge in [-0.05, 0) is 24.1 Å². The third-order valence-electron chi connectivity index (χ3n) is 2.39. The van der Waals surface area contributed by atoms with Crippen molar-refractivity contribution in [2.75, 3.05) is 0 Å². The van der Waals surface area contributed by atoms with E-state index in [2.05, 4.69) is 0 Å². The summed E-state index contributed by atoms with van der Waals surface area (Å²) < 4.78 is 18.7. The van der Waals surface area contributed by atoms with Crippen LogP contribution in [-0.2, 0) is 6.61 Å². The molecule has 0 bridgehead atoms. The Labute approximate surface area is 94.5 Å². The number of hydrogen-bond acceptors (Lipinski definition) is 1. The van der Waals surface area contributed by atoms with Crippen LogP contribution >= 0.6 is 0 Å². The molecule has 0 spiro atoms. The molecule has 2 heteroatoms. The molecule has 0 saturated carbocycles. The van der Waals surface area contributed by atoms with Crippen molar-refractivity contribution >= 4 is 0 Å². The zero-order valence-corrected chi connectivity index (χ0v) is 9.11. The number of hydrogen-bond donors (Lipinski definition) is 0. The quantitative estimate of drug-likeness (QED) is 0.759. The maximum atomic E-state index is 13.2. The molecule has 0 aliphatic carbocycles. The summed E-state index contributed by atoms with van der Waals surface area (Å²) in [4.78, 5) is 0. The Morgan fingerprint density at radius 2 is 1.81 bits per heavy atom. The van der Waals surface area contributed by atoms with Gasteiger partial charge in [0.25, 0.3) is 0 Å². The minimum atomic E-state index is -0.231. The van der Waals surface area contributed by atoms with Crippen molar-refractivity contribution in [3.63, 3.8) is 0 Å². The van der Waals surface area contributed by atoms with Crippen LogP contribution < -0.4 is 4.74 Å². The summed E-state index contributed by atoms with van der Waals surface area (Å²) in [6.45, 7) is 2.19. The first kappa shape index (κ1) is 10.7. The van der Waals surface area contributed by atoms with Crippen molar-refractivity contribution in [2.45, 2.75) is 13.5 Å². The highest BCUT2D eigenvalue weighted by Crippen LogP contribution is 2.17. The molecule has 0 heterocycles. The van der Waals surface area contributed by atoms with Crippen molar-refractivity contribution < 1.29 is 9.13 Å². The van der Waals surface area contributed by atoms with Crippen molar-refractivity contribution in [1.82, 2.24) is 0 Å². The number of benzene rings is 2. The molecule has 1 nitrogen and oxygen atoms in total. The molecule has 82 valence electrons. The van der Waals surface area contributed by atoms with E-state index in [1.807, 2.05) is 30.3 Å². The van der Waals surface area contributed by atoms with Crippen LogP contribution in [-0.4, -0.2) is 0 Å². The summed E-state index contributed by atoms with van der Waals surface area (Å²) >= 11 is 0. The largest absolute Gasteiger partial charge is 0.489 e. The molecule has 2 aromatic carbocycles. The molecular formula is C14H13FO. The van der Waals surface area contributed by atoms with Crippen LogP contribution in [0.2, 0.25) is 0 Å². The predicted molar refractivity (Wildman–Crippen MR) is 61.9 cm³/mol. The number of rotatable bonds is 3. The monoisotopic (exact) mass is 216 g/mol. The maximum Gasteiger partial charge on any atom is 0.129 e. The van der Waals surface area contributed by atoms with Gasteiger partial charge in [-0.1, -0.05) is 36.4 Å². The normalized spacial score (nSPS) is 10.1. The highest BCUT2D eigenvalue weighted by Gasteiger charge is 2.00. The molecule has 0 N–H and O–H groups in total. The fraction of sp³-hybridized carbons (Fsp3) is 0.143. The van der Waals surface area contributed by atoms with E-state index in [1.54, 1.807) is 19.1 Å². The molecule has 2 rings (SSSR count). The first-order chi connectivity index (χ1) is 7.75. The molecular weight excluding hydrogens is 203 g/mol. The molecule has 0 fully saturated rings. The van der Waals surface area contributed by atoms with Gasteiger partial charge in [0.15, 0.2) is 0 Å². The molecule has 0 aliphatic heterocycles. The zero-order valence-electron chi connectivity index (χ0n) is 9.11. The topological polar surface area (TPSA) is 9.23 Å². The third-order valence-corrected chi connectivity index (χ3v) is 2.39. The Bertz CT molecular complexity index is 465. The van der Waals surface area contributed by atoms with Crippen LogP contribution in [0.15, 0.2) is 48.5 Å². The highest BCUT2D eigenvalue weighted by molar-refractivity contribution is 5.28. The van der Waals surface area contributed by atoms with Gasteiger partial charge in [-0.25, -0.2) is 4.39 Å². The van der Waals surface area contributed by atoms with Crippen LogP contribution in [0.5, 0.6) is 5.75 Å². The Kier molecular flexibility index (Phi) is 3.20. The van der Waals surface area contributed by atoms with E-state index in [-0.39, 0.29) is 5.82 Å². The number of aryl methyl sites for hydroxylation is 1. The lowest BCUT2D eigenvalue weighted by molar-refractivity contribution is 0.304. The summed E-state index contributed by atoms with van der Waals surface area (Å²) in [5, 5.41) is 0. The van der Waals surface area contributed by atoms with Gasteiger partial charge in [-0.2, -0.15) is 0 Å². The van der Waals surface area contributed by atoms with Gasteiger partial charge < -0.3 is 4.74 Å². The van der Waals surface area contributed by atoms with Gasteiger partial charge in [-0.3, -0.25) is 0 Å². The summed E-state index contributed by atoms with van der Waals surface area (Å²) in [5.74, 6) is 0.331. The molecule has 0 aromatic heterocycles. The predicted octanol–water partition coefficient (Wildman–Crippen LogP) is 3.71. The molecule has 16 heavy (non-hydrogen) atoms. The van der Waals surface area contributed by atoms with E-state index in [0.717, 1.165) is 5.56 Å². The highest BCUT2D eigenvalue weighted by atomic mass is 19.1. The van der Waals surface area contributed by atoms with Gasteiger partial charge in [0, 0.05) is 6.07 Å². The van der Waals surface area contributed by atoms with Crippen molar-refractivity contribution in [3.05, 3.63) is 65.5 Å². The van der Waals surface area contributed by atoms with E-state index in [4.69, 9.17) is 4.74 Å². The minimum absolute atomic E-state index is 0.231. The molecule has 0 atom stereocenters. The number of ether oxygens (including phenoxy) is 1. The van der Waals surface area contributed by atoms with Crippen LogP contribution in [0.25, 0.3) is 0 Å². The Balaban J connectivity index is 2.03. The van der Waals surface area contributed by atoms with Crippen LogP contribution in [0.3, 0.4) is 0 Å². The molecule has 0 aliphatic rings. The van der Waals surface area contributed by atoms with Crippen molar-refractivity contribution in [1.29, 1.82) is 0 Å². The Hall–Kier alpha value is -1.83. The van der Waals surface area contributed by atoms with Gasteiger partial charge in [0.2, 0.25) is 0 Å². The molecule has 0 unspecified atom stereocenters. The van der Waals surface area contributed by atoms with Crippen molar-refractivity contribution in [3.8, 4) is 5.75 Å². The van der Waals surface area contributed by atoms with E-state index in [1.165, 1.54) is 6.07 Å². The maximum absolute atomic E-state index is 13.2. The third kappa shape index (κ3) is 2.60. The lowest BCUT2D eigenvalue weighted by atomic mass is 10.2. The number of halogens is 1. The summed E-state index contributed by atoms with van der Waals surface area (Å²) in [6, 6.07) is 14.7. The lowest BCUT2D eigenvalue weighted by Crippen LogP contribution is -1.95. The standard InChI is InChI=1S/C14H13FO/c1-11-7-8-13(9-14(11)15)16-10-12-5-3-2-4-6-12/h2-9H,10H2,1H3. The SMILES string of the molecule is Cc1ccc(OCc2ccccc2)cc1F. The van der Waals surface area contributed by atoms with Crippen LogP contribution in [0.1, 0.15) is 11.1 Å². The first-order valence-corrected chi connectivity index (χ1v) is 5.18. The average Bonchev–Trinajstić information content (AvgIpc) is 2.32. The van der Waals surface area contributed by atoms with Crippen molar-refractivity contribution in [2.24, 2.45) is 0 Å². The summed E-state index contributed by atoms with van der Waals surface area (Å²) in [6.07, 6.45) is 0. The van der Waals surface area contributed by atoms with Gasteiger partial charge >= 0.3 is 0 Å². The second kappa shape index (κ2) is 4.79. The molecule has 0 amide bonds. The van der Waals surface area contributed by atoms with Crippen LogP contribution in [0.4, 0.5) is 4.39 Å². The lowest BCUT2D eigenvalue weighted by Gasteiger charge is -2.06. The molecule has 2 aromatic rings. The van der Waals surface area contributed by atoms with Gasteiger partial charge in [0.1, 0.15) is 18.2 Å². The average molecular weight is 216 g/mol. The van der Waals surface area contributed by atoms with Crippen LogP contribution in [0, 0.1) is 12.7 Å². The summed E-state index contributed by atoms with van der Waals surface area (Å²) in [5.41, 5.74) is 1.70. The van der Waals surface area contributed by atoms with E-state index in [0.29, 0.717) is 17.9 Å². The van der Waals surface area contributed by atoms with E-state index >= 15 is 0 Å². The zero-order chi connectivity index (χ0) is 11.4. The molecule has 0 saturated heterocycles. The smallest absolute Gasteiger partial charge is 0.129 e. The van der Waals surface area contributed by atoms with Gasteiger partial charge in [0.05, 0.1) is 0 Å². The second-order valence-corrected chi connectivity index (χ2v) is 3.69. The minimum Gasteiger partial charge on any atom is -0.489 e. The Morgan fingerprint density at radius 1 is 1.06 bits per heavy atom. The second-order valence-electron chi connectivity index (χ2n) is 3.69. The first-order valence-electron chi connectivity index (χ1n) is 5.18. The fourth-order valence-electron chi connectivity index (χ4n) is 1.40. The fourth-order valence-corrected chi connectivity index (χ4v) is 1.40. The van der Waals surface area contributed by atoms with E-state index < -0.39 is 0 Å². The summed E-state index contributed by atoms with van der Waals surface area (Å²) in [7, 11) is 0. The van der Waals surface area contributed by atoms with E-state index in [9.17, 15) is 4.39 Å². The molecule has 0 radical (unpaired) electrons.